The van der Waals surface area contributed by atoms with Gasteiger partial charge in [-0.05, 0) is 54.7 Å². The highest BCUT2D eigenvalue weighted by molar-refractivity contribution is 7.80. The van der Waals surface area contributed by atoms with Crippen LogP contribution in [0.2, 0.25) is 5.02 Å². The second kappa shape index (κ2) is 6.93. The lowest BCUT2D eigenvalue weighted by Gasteiger charge is -2.12. The van der Waals surface area contributed by atoms with E-state index in [2.05, 4.69) is 15.4 Å². The van der Waals surface area contributed by atoms with Gasteiger partial charge in [-0.1, -0.05) is 11.6 Å². The molecule has 2 aromatic rings. The third-order valence-corrected chi connectivity index (χ3v) is 3.06. The molecule has 0 aromatic heterocycles. The van der Waals surface area contributed by atoms with E-state index in [0.29, 0.717) is 11.4 Å². The molecule has 0 aliphatic rings. The van der Waals surface area contributed by atoms with Crippen molar-refractivity contribution >= 4 is 40.3 Å². The van der Waals surface area contributed by atoms with Crippen LogP contribution in [-0.4, -0.2) is 16.6 Å². The minimum atomic E-state index is -4.73. The summed E-state index contributed by atoms with van der Waals surface area (Å²) in [6, 6.07) is 9.54. The van der Waals surface area contributed by atoms with Crippen LogP contribution in [0.1, 0.15) is 0 Å². The molecular formula is C14H10ClF3N2O2S. The molecule has 0 atom stereocenters. The summed E-state index contributed by atoms with van der Waals surface area (Å²) in [7, 11) is 0. The van der Waals surface area contributed by atoms with Crippen LogP contribution in [0.5, 0.6) is 11.5 Å². The monoisotopic (exact) mass is 362 g/mol. The number of ether oxygens (including phenoxy) is 1. The van der Waals surface area contributed by atoms with Crippen LogP contribution in [0.15, 0.2) is 42.5 Å². The fourth-order valence-corrected chi connectivity index (χ4v) is 2.03. The maximum absolute atomic E-state index is 12.1. The van der Waals surface area contributed by atoms with Gasteiger partial charge in [0.15, 0.2) is 5.11 Å². The number of nitrogens with one attached hydrogen (secondary N) is 2. The zero-order valence-electron chi connectivity index (χ0n) is 11.3. The van der Waals surface area contributed by atoms with Gasteiger partial charge >= 0.3 is 6.36 Å². The van der Waals surface area contributed by atoms with E-state index in [9.17, 15) is 18.3 Å². The van der Waals surface area contributed by atoms with Crippen LogP contribution < -0.4 is 15.4 Å². The lowest BCUT2D eigenvalue weighted by atomic mass is 10.3. The highest BCUT2D eigenvalue weighted by Crippen LogP contribution is 2.26. The van der Waals surface area contributed by atoms with Crippen molar-refractivity contribution in [3.8, 4) is 11.5 Å². The minimum absolute atomic E-state index is 0.0589. The van der Waals surface area contributed by atoms with Crippen molar-refractivity contribution in [1.82, 2.24) is 0 Å². The van der Waals surface area contributed by atoms with Crippen LogP contribution >= 0.6 is 23.8 Å². The molecule has 2 aromatic carbocycles. The maximum Gasteiger partial charge on any atom is 0.573 e. The highest BCUT2D eigenvalue weighted by Gasteiger charge is 2.30. The van der Waals surface area contributed by atoms with Gasteiger partial charge in [0, 0.05) is 11.4 Å². The first kappa shape index (κ1) is 17.2. The molecule has 4 nitrogen and oxygen atoms in total. The number of anilines is 2. The first-order chi connectivity index (χ1) is 10.7. The van der Waals surface area contributed by atoms with Crippen LogP contribution in [0.4, 0.5) is 24.5 Å². The van der Waals surface area contributed by atoms with Gasteiger partial charge in [0.25, 0.3) is 0 Å². The molecule has 122 valence electrons. The van der Waals surface area contributed by atoms with Crippen molar-refractivity contribution in [3.63, 3.8) is 0 Å². The Balaban J connectivity index is 1.96. The Morgan fingerprint density at radius 3 is 2.17 bits per heavy atom. The summed E-state index contributed by atoms with van der Waals surface area (Å²) in [6.45, 7) is 0. The third kappa shape index (κ3) is 5.50. The molecule has 0 radical (unpaired) electrons. The molecule has 0 bridgehead atoms. The summed E-state index contributed by atoms with van der Waals surface area (Å²) in [6.07, 6.45) is -4.73. The van der Waals surface area contributed by atoms with Gasteiger partial charge in [-0.2, -0.15) is 0 Å². The van der Waals surface area contributed by atoms with E-state index < -0.39 is 6.36 Å². The third-order valence-electron chi connectivity index (χ3n) is 2.55. The average Bonchev–Trinajstić information content (AvgIpc) is 2.43. The molecule has 0 aliphatic carbocycles. The second-order valence-corrected chi connectivity index (χ2v) is 5.13. The maximum atomic E-state index is 12.1. The van der Waals surface area contributed by atoms with Gasteiger partial charge in [0.1, 0.15) is 11.5 Å². The number of thiocarbonyl (C=S) groups is 1. The van der Waals surface area contributed by atoms with Crippen LogP contribution in [-0.2, 0) is 0 Å². The summed E-state index contributed by atoms with van der Waals surface area (Å²) in [5.74, 6) is -0.386. The Kier molecular flexibility index (Phi) is 5.17. The standard InChI is InChI=1S/C14H10ClF3N2O2S/c15-11-7-9(3-6-12(11)21)20-13(23)19-8-1-4-10(5-2-8)22-14(16,17)18/h1-7,21H,(H2,19,20,23). The zero-order chi connectivity index (χ0) is 17.0. The lowest BCUT2D eigenvalue weighted by Crippen LogP contribution is -2.19. The van der Waals surface area contributed by atoms with E-state index in [-0.39, 0.29) is 21.6 Å². The van der Waals surface area contributed by atoms with Crippen molar-refractivity contribution in [1.29, 1.82) is 0 Å². The Labute approximate surface area is 139 Å². The molecule has 0 saturated carbocycles. The summed E-state index contributed by atoms with van der Waals surface area (Å²) < 4.78 is 39.9. The molecule has 0 amide bonds. The molecule has 23 heavy (non-hydrogen) atoms. The van der Waals surface area contributed by atoms with Crippen molar-refractivity contribution in [3.05, 3.63) is 47.5 Å². The Morgan fingerprint density at radius 1 is 1.04 bits per heavy atom. The average molecular weight is 363 g/mol. The quantitative estimate of drug-likeness (QED) is 0.543. The van der Waals surface area contributed by atoms with Gasteiger partial charge in [0.05, 0.1) is 5.02 Å². The molecule has 9 heteroatoms. The van der Waals surface area contributed by atoms with E-state index in [0.717, 1.165) is 12.1 Å². The minimum Gasteiger partial charge on any atom is -0.506 e. The summed E-state index contributed by atoms with van der Waals surface area (Å²) in [4.78, 5) is 0. The highest BCUT2D eigenvalue weighted by atomic mass is 35.5. The van der Waals surface area contributed by atoms with Crippen LogP contribution in [0.3, 0.4) is 0 Å². The van der Waals surface area contributed by atoms with Crippen molar-refractivity contribution in [2.75, 3.05) is 10.6 Å². The normalized spacial score (nSPS) is 11.0. The topological polar surface area (TPSA) is 53.5 Å². The number of alkyl halides is 3. The van der Waals surface area contributed by atoms with Gasteiger partial charge in [-0.15, -0.1) is 13.2 Å². The number of benzene rings is 2. The second-order valence-electron chi connectivity index (χ2n) is 4.32. The molecule has 2 rings (SSSR count). The number of phenols is 1. The van der Waals surface area contributed by atoms with E-state index in [1.54, 1.807) is 6.07 Å². The fraction of sp³-hybridized carbons (Fsp3) is 0.0714. The van der Waals surface area contributed by atoms with Crippen molar-refractivity contribution in [2.24, 2.45) is 0 Å². The fourth-order valence-electron chi connectivity index (χ4n) is 1.62. The zero-order valence-corrected chi connectivity index (χ0v) is 12.9. The molecule has 0 heterocycles. The Bertz CT molecular complexity index is 708. The van der Waals surface area contributed by atoms with Crippen molar-refractivity contribution in [2.45, 2.75) is 6.36 Å². The first-order valence-corrected chi connectivity index (χ1v) is 6.94. The molecule has 0 spiro atoms. The van der Waals surface area contributed by atoms with E-state index in [1.807, 2.05) is 0 Å². The summed E-state index contributed by atoms with van der Waals surface area (Å²) >= 11 is 10.8. The predicted octanol–water partition coefficient (Wildman–Crippen LogP) is 4.75. The molecule has 0 aliphatic heterocycles. The smallest absolute Gasteiger partial charge is 0.506 e. The summed E-state index contributed by atoms with van der Waals surface area (Å²) in [5.41, 5.74) is 1.02. The predicted molar refractivity (Wildman–Crippen MR) is 86.1 cm³/mol. The molecule has 3 N–H and O–H groups in total. The van der Waals surface area contributed by atoms with Crippen LogP contribution in [0, 0.1) is 0 Å². The number of aromatic hydroxyl groups is 1. The van der Waals surface area contributed by atoms with Gasteiger partial charge in [-0.25, -0.2) is 0 Å². The van der Waals surface area contributed by atoms with Crippen molar-refractivity contribution < 1.29 is 23.0 Å². The van der Waals surface area contributed by atoms with Crippen LogP contribution in [0.25, 0.3) is 0 Å². The van der Waals surface area contributed by atoms with Gasteiger partial charge < -0.3 is 20.5 Å². The SMILES string of the molecule is Oc1ccc(NC(=S)Nc2ccc(OC(F)(F)F)cc2)cc1Cl. The summed E-state index contributed by atoms with van der Waals surface area (Å²) in [5, 5.41) is 15.3. The van der Waals surface area contributed by atoms with Gasteiger partial charge in [-0.3, -0.25) is 0 Å². The van der Waals surface area contributed by atoms with E-state index in [1.165, 1.54) is 24.3 Å². The number of phenolic OH excluding ortho intramolecular Hbond substituents is 1. The Morgan fingerprint density at radius 2 is 1.61 bits per heavy atom. The molecule has 0 unspecified atom stereocenters. The number of hydrogen-bond donors (Lipinski definition) is 3. The molecule has 0 fully saturated rings. The Hall–Kier alpha value is -2.19. The molecular weight excluding hydrogens is 353 g/mol. The van der Waals surface area contributed by atoms with Gasteiger partial charge in [0.2, 0.25) is 0 Å². The first-order valence-electron chi connectivity index (χ1n) is 6.15. The molecule has 0 saturated heterocycles. The largest absolute Gasteiger partial charge is 0.573 e. The number of rotatable bonds is 3. The number of halogens is 4. The lowest BCUT2D eigenvalue weighted by molar-refractivity contribution is -0.274. The van der Waals surface area contributed by atoms with E-state index in [4.69, 9.17) is 23.8 Å². The number of hydrogen-bond acceptors (Lipinski definition) is 3. The van der Waals surface area contributed by atoms with E-state index >= 15 is 0 Å².